The van der Waals surface area contributed by atoms with Crippen molar-refractivity contribution in [3.05, 3.63) is 19.1 Å². The number of hydrogen-bond acceptors (Lipinski definition) is 7. The van der Waals surface area contributed by atoms with Crippen LogP contribution in [0.25, 0.3) is 0 Å². The summed E-state index contributed by atoms with van der Waals surface area (Å²) in [6.45, 7) is 2.39. The van der Waals surface area contributed by atoms with E-state index in [0.29, 0.717) is 0 Å². The Morgan fingerprint density at radius 2 is 1.88 bits per heavy atom. The maximum absolute atomic E-state index is 9.82. The molecule has 96 valence electrons. The Morgan fingerprint density at radius 1 is 1.18 bits per heavy atom. The van der Waals surface area contributed by atoms with Gasteiger partial charge in [0.05, 0.1) is 6.61 Å². The highest BCUT2D eigenvalue weighted by Gasteiger charge is 2.46. The first-order valence-corrected chi connectivity index (χ1v) is 5.31. The molecule has 0 unspecified atom stereocenters. The minimum Gasteiger partial charge on any atom is -0.394 e. The average molecular weight is 244 g/mol. The van der Waals surface area contributed by atoms with Crippen LogP contribution in [-0.2, 0) is 4.74 Å². The topological polar surface area (TPSA) is 96.6 Å². The predicted molar refractivity (Wildman–Crippen MR) is 55.8 cm³/mol. The molecule has 4 N–H and O–H groups in total. The molecule has 0 aliphatic carbocycles. The summed E-state index contributed by atoms with van der Waals surface area (Å²) in [7, 11) is 1.75. The molecule has 7 nitrogen and oxygen atoms in total. The van der Waals surface area contributed by atoms with E-state index in [4.69, 9.17) is 9.84 Å². The Bertz CT molecular complexity index is 298. The van der Waals surface area contributed by atoms with Gasteiger partial charge in [-0.1, -0.05) is 0 Å². The van der Waals surface area contributed by atoms with Gasteiger partial charge in [0, 0.05) is 19.4 Å². The molecule has 2 heterocycles. The quantitative estimate of drug-likeness (QED) is 0.426. The van der Waals surface area contributed by atoms with Crippen molar-refractivity contribution in [2.24, 2.45) is 0 Å². The molecule has 7 heteroatoms. The second-order valence-corrected chi connectivity index (χ2v) is 4.14. The molecular formula is C10H16N2O5. The van der Waals surface area contributed by atoms with Crippen LogP contribution in [0.1, 0.15) is 0 Å². The van der Waals surface area contributed by atoms with Crippen LogP contribution in [0.4, 0.5) is 0 Å². The standard InChI is InChI=1S/C10H16N2O5/c1-11-2-3-12(5-11)10-9(16)8(15)7(14)6(4-13)17-10/h2-3,6-10,13-16H,4H2,1H3/t6-,7-,8+,9-,10-/m1/s1. The predicted octanol–water partition coefficient (Wildman–Crippen LogP) is -2.50. The zero-order valence-electron chi connectivity index (χ0n) is 9.34. The zero-order chi connectivity index (χ0) is 12.6. The van der Waals surface area contributed by atoms with E-state index in [9.17, 15) is 15.3 Å². The van der Waals surface area contributed by atoms with E-state index in [1.54, 1.807) is 24.3 Å². The van der Waals surface area contributed by atoms with Gasteiger partial charge < -0.3 is 35.0 Å². The monoisotopic (exact) mass is 244 g/mol. The minimum atomic E-state index is -1.37. The molecule has 0 amide bonds. The Morgan fingerprint density at radius 3 is 2.41 bits per heavy atom. The molecular weight excluding hydrogens is 228 g/mol. The SMILES string of the molecule is CN1[C]N([C@@H]2O[C@H](CO)[C@@H](O)[C@H](O)[C@H]2O)C=C1. The second kappa shape index (κ2) is 4.79. The summed E-state index contributed by atoms with van der Waals surface area (Å²) in [5.41, 5.74) is 0. The van der Waals surface area contributed by atoms with Gasteiger partial charge in [-0.05, 0) is 0 Å². The van der Waals surface area contributed by atoms with Gasteiger partial charge in [0.15, 0.2) is 6.23 Å². The highest BCUT2D eigenvalue weighted by molar-refractivity contribution is 5.01. The molecule has 1 saturated heterocycles. The summed E-state index contributed by atoms with van der Waals surface area (Å²) in [6.07, 6.45) is -2.46. The number of nitrogens with zero attached hydrogens (tertiary/aromatic N) is 2. The maximum Gasteiger partial charge on any atom is 0.209 e. The molecule has 0 aromatic carbocycles. The first-order chi connectivity index (χ1) is 8.04. The van der Waals surface area contributed by atoms with E-state index >= 15 is 0 Å². The van der Waals surface area contributed by atoms with Crippen LogP contribution in [0, 0.1) is 6.67 Å². The summed E-state index contributed by atoms with van der Waals surface area (Å²) in [4.78, 5) is 3.07. The lowest BCUT2D eigenvalue weighted by atomic mass is 9.98. The number of rotatable bonds is 2. The summed E-state index contributed by atoms with van der Waals surface area (Å²) in [6, 6.07) is 0. The largest absolute Gasteiger partial charge is 0.394 e. The fraction of sp³-hybridized carbons (Fsp3) is 0.700. The van der Waals surface area contributed by atoms with Crippen LogP contribution in [0.3, 0.4) is 0 Å². The van der Waals surface area contributed by atoms with Gasteiger partial charge in [-0.2, -0.15) is 0 Å². The van der Waals surface area contributed by atoms with Crippen LogP contribution >= 0.6 is 0 Å². The van der Waals surface area contributed by atoms with Crippen molar-refractivity contribution in [1.29, 1.82) is 0 Å². The van der Waals surface area contributed by atoms with Gasteiger partial charge >= 0.3 is 0 Å². The van der Waals surface area contributed by atoms with Crippen molar-refractivity contribution in [2.75, 3.05) is 13.7 Å². The van der Waals surface area contributed by atoms with E-state index in [2.05, 4.69) is 6.67 Å². The highest BCUT2D eigenvalue weighted by Crippen LogP contribution is 2.26. The first-order valence-electron chi connectivity index (χ1n) is 5.31. The maximum atomic E-state index is 9.82. The molecule has 0 spiro atoms. The molecule has 0 saturated carbocycles. The van der Waals surface area contributed by atoms with Gasteiger partial charge in [0.2, 0.25) is 6.67 Å². The Labute approximate surface area is 99.1 Å². The molecule has 17 heavy (non-hydrogen) atoms. The van der Waals surface area contributed by atoms with E-state index in [1.807, 2.05) is 0 Å². The summed E-state index contributed by atoms with van der Waals surface area (Å²) in [5.74, 6) is 0. The summed E-state index contributed by atoms with van der Waals surface area (Å²) >= 11 is 0. The number of aliphatic hydroxyl groups is 4. The van der Waals surface area contributed by atoms with Crippen molar-refractivity contribution >= 4 is 0 Å². The lowest BCUT2D eigenvalue weighted by Crippen LogP contribution is -2.61. The van der Waals surface area contributed by atoms with E-state index in [1.165, 1.54) is 4.90 Å². The molecule has 2 aliphatic heterocycles. The fourth-order valence-corrected chi connectivity index (χ4v) is 1.87. The lowest BCUT2D eigenvalue weighted by Gasteiger charge is -2.43. The smallest absolute Gasteiger partial charge is 0.209 e. The molecule has 0 bridgehead atoms. The number of aliphatic hydroxyl groups excluding tert-OH is 4. The van der Waals surface area contributed by atoms with Crippen molar-refractivity contribution in [3.8, 4) is 0 Å². The number of hydrogen-bond donors (Lipinski definition) is 4. The lowest BCUT2D eigenvalue weighted by molar-refractivity contribution is -0.255. The van der Waals surface area contributed by atoms with Crippen LogP contribution in [0.2, 0.25) is 0 Å². The van der Waals surface area contributed by atoms with Gasteiger partial charge in [-0.15, -0.1) is 0 Å². The number of ether oxygens (including phenoxy) is 1. The molecule has 0 aromatic rings. The van der Waals surface area contributed by atoms with Gasteiger partial charge in [0.1, 0.15) is 24.4 Å². The van der Waals surface area contributed by atoms with E-state index < -0.39 is 37.3 Å². The van der Waals surface area contributed by atoms with E-state index in [-0.39, 0.29) is 0 Å². The van der Waals surface area contributed by atoms with Crippen LogP contribution < -0.4 is 0 Å². The Kier molecular flexibility index (Phi) is 3.55. The van der Waals surface area contributed by atoms with Crippen molar-refractivity contribution < 1.29 is 25.2 Å². The Hall–Kier alpha value is -0.860. The van der Waals surface area contributed by atoms with Crippen molar-refractivity contribution in [3.63, 3.8) is 0 Å². The molecule has 0 aromatic heterocycles. The molecule has 2 rings (SSSR count). The van der Waals surface area contributed by atoms with Gasteiger partial charge in [-0.3, -0.25) is 0 Å². The fourth-order valence-electron chi connectivity index (χ4n) is 1.87. The highest BCUT2D eigenvalue weighted by atomic mass is 16.6. The van der Waals surface area contributed by atoms with Crippen molar-refractivity contribution in [2.45, 2.75) is 30.6 Å². The molecule has 2 radical (unpaired) electrons. The second-order valence-electron chi connectivity index (χ2n) is 4.14. The molecule has 5 atom stereocenters. The zero-order valence-corrected chi connectivity index (χ0v) is 9.34. The van der Waals surface area contributed by atoms with E-state index in [0.717, 1.165) is 0 Å². The minimum absolute atomic E-state index is 0.436. The third-order valence-electron chi connectivity index (χ3n) is 2.87. The summed E-state index contributed by atoms with van der Waals surface area (Å²) in [5, 5.41) is 38.1. The Balaban J connectivity index is 2.09. The molecule has 2 aliphatic rings. The first kappa shape index (κ1) is 12.6. The third kappa shape index (κ3) is 2.24. The third-order valence-corrected chi connectivity index (χ3v) is 2.87. The van der Waals surface area contributed by atoms with Gasteiger partial charge in [-0.25, -0.2) is 0 Å². The average Bonchev–Trinajstić information content (AvgIpc) is 2.73. The van der Waals surface area contributed by atoms with Crippen LogP contribution in [0.5, 0.6) is 0 Å². The van der Waals surface area contributed by atoms with Crippen LogP contribution in [-0.4, -0.2) is 74.5 Å². The normalized spacial score (nSPS) is 42.3. The van der Waals surface area contributed by atoms with Crippen LogP contribution in [0.15, 0.2) is 12.4 Å². The summed E-state index contributed by atoms with van der Waals surface area (Å²) < 4.78 is 5.34. The van der Waals surface area contributed by atoms with Gasteiger partial charge in [0.25, 0.3) is 0 Å². The molecule has 1 fully saturated rings. The van der Waals surface area contributed by atoms with Crippen molar-refractivity contribution in [1.82, 2.24) is 9.80 Å².